The SMILES string of the molecule is CC(N)CNC(=O)c1cc(Cl)ncc1[N+](=O)[O-]. The van der Waals surface area contributed by atoms with Crippen molar-refractivity contribution in [2.75, 3.05) is 6.54 Å². The number of rotatable bonds is 4. The van der Waals surface area contributed by atoms with Crippen molar-refractivity contribution in [2.45, 2.75) is 13.0 Å². The number of nitro groups is 1. The maximum atomic E-state index is 11.7. The van der Waals surface area contributed by atoms with Crippen molar-refractivity contribution in [3.8, 4) is 0 Å². The normalized spacial score (nSPS) is 11.9. The Morgan fingerprint density at radius 3 is 2.94 bits per heavy atom. The fourth-order valence-corrected chi connectivity index (χ4v) is 1.26. The molecule has 92 valence electrons. The van der Waals surface area contributed by atoms with Gasteiger partial charge in [-0.25, -0.2) is 4.98 Å². The molecule has 0 fully saturated rings. The predicted molar refractivity (Wildman–Crippen MR) is 61.9 cm³/mol. The Labute approximate surface area is 102 Å². The largest absolute Gasteiger partial charge is 0.350 e. The number of halogens is 1. The molecule has 0 aromatic carbocycles. The molecular weight excluding hydrogens is 248 g/mol. The van der Waals surface area contributed by atoms with E-state index in [2.05, 4.69) is 10.3 Å². The van der Waals surface area contributed by atoms with Crippen molar-refractivity contribution < 1.29 is 9.72 Å². The monoisotopic (exact) mass is 258 g/mol. The fourth-order valence-electron chi connectivity index (χ4n) is 1.10. The fraction of sp³-hybridized carbons (Fsp3) is 0.333. The van der Waals surface area contributed by atoms with Gasteiger partial charge in [-0.2, -0.15) is 0 Å². The Morgan fingerprint density at radius 1 is 1.76 bits per heavy atom. The Hall–Kier alpha value is -1.73. The van der Waals surface area contributed by atoms with Gasteiger partial charge in [-0.1, -0.05) is 11.6 Å². The molecular formula is C9H11ClN4O3. The molecule has 0 aliphatic rings. The number of hydrogen-bond acceptors (Lipinski definition) is 5. The second-order valence-corrected chi connectivity index (χ2v) is 3.86. The van der Waals surface area contributed by atoms with Gasteiger partial charge in [0.2, 0.25) is 0 Å². The van der Waals surface area contributed by atoms with Gasteiger partial charge in [0.05, 0.1) is 4.92 Å². The van der Waals surface area contributed by atoms with Crippen molar-refractivity contribution in [1.29, 1.82) is 0 Å². The minimum Gasteiger partial charge on any atom is -0.350 e. The molecule has 8 heteroatoms. The third kappa shape index (κ3) is 3.65. The topological polar surface area (TPSA) is 111 Å². The van der Waals surface area contributed by atoms with Crippen LogP contribution in [-0.2, 0) is 0 Å². The molecule has 0 bridgehead atoms. The molecule has 1 amide bonds. The second-order valence-electron chi connectivity index (χ2n) is 3.47. The molecule has 0 spiro atoms. The highest BCUT2D eigenvalue weighted by atomic mass is 35.5. The van der Waals surface area contributed by atoms with E-state index in [4.69, 9.17) is 17.3 Å². The summed E-state index contributed by atoms with van der Waals surface area (Å²) in [6.07, 6.45) is 0.948. The summed E-state index contributed by atoms with van der Waals surface area (Å²) >= 11 is 5.59. The van der Waals surface area contributed by atoms with Crippen molar-refractivity contribution in [1.82, 2.24) is 10.3 Å². The van der Waals surface area contributed by atoms with Crippen LogP contribution in [0.2, 0.25) is 5.15 Å². The van der Waals surface area contributed by atoms with Crippen molar-refractivity contribution in [3.63, 3.8) is 0 Å². The average molecular weight is 259 g/mol. The van der Waals surface area contributed by atoms with Crippen LogP contribution in [0.15, 0.2) is 12.3 Å². The summed E-state index contributed by atoms with van der Waals surface area (Å²) in [5, 5.41) is 13.2. The molecule has 0 aliphatic heterocycles. The number of aromatic nitrogens is 1. The first-order chi connectivity index (χ1) is 7.91. The molecule has 0 aliphatic carbocycles. The highest BCUT2D eigenvalue weighted by Crippen LogP contribution is 2.19. The summed E-state index contributed by atoms with van der Waals surface area (Å²) in [6, 6.07) is 0.909. The third-order valence-corrected chi connectivity index (χ3v) is 2.08. The van der Waals surface area contributed by atoms with Gasteiger partial charge < -0.3 is 11.1 Å². The predicted octanol–water partition coefficient (Wildman–Crippen LogP) is 0.720. The van der Waals surface area contributed by atoms with Gasteiger partial charge in [-0.3, -0.25) is 14.9 Å². The number of nitrogens with zero attached hydrogens (tertiary/aromatic N) is 2. The minimum absolute atomic E-state index is 0.0153. The van der Waals surface area contributed by atoms with Crippen LogP contribution in [0, 0.1) is 10.1 Å². The van der Waals surface area contributed by atoms with E-state index in [0.29, 0.717) is 0 Å². The van der Waals surface area contributed by atoms with Crippen molar-refractivity contribution in [2.24, 2.45) is 5.73 Å². The lowest BCUT2D eigenvalue weighted by Crippen LogP contribution is -2.35. The number of nitrogens with one attached hydrogen (secondary N) is 1. The van der Waals surface area contributed by atoms with E-state index < -0.39 is 16.5 Å². The highest BCUT2D eigenvalue weighted by molar-refractivity contribution is 6.29. The minimum atomic E-state index is -0.690. The zero-order chi connectivity index (χ0) is 13.0. The Bertz CT molecular complexity index is 450. The van der Waals surface area contributed by atoms with Crippen LogP contribution < -0.4 is 11.1 Å². The molecule has 1 aromatic rings. The van der Waals surface area contributed by atoms with E-state index in [1.54, 1.807) is 6.92 Å². The lowest BCUT2D eigenvalue weighted by atomic mass is 10.2. The zero-order valence-electron chi connectivity index (χ0n) is 9.01. The smallest absolute Gasteiger partial charge is 0.300 e. The van der Waals surface area contributed by atoms with Gasteiger partial charge in [0, 0.05) is 12.6 Å². The van der Waals surface area contributed by atoms with Crippen LogP contribution in [0.4, 0.5) is 5.69 Å². The summed E-state index contributed by atoms with van der Waals surface area (Å²) in [7, 11) is 0. The number of hydrogen-bond donors (Lipinski definition) is 2. The number of amides is 1. The summed E-state index contributed by atoms with van der Waals surface area (Å²) in [4.78, 5) is 25.2. The lowest BCUT2D eigenvalue weighted by Gasteiger charge is -2.07. The standard InChI is InChI=1S/C9H11ClN4O3/c1-5(11)3-13-9(15)6-2-8(10)12-4-7(6)14(16)17/h2,4-5H,3,11H2,1H3,(H,13,15). The molecule has 17 heavy (non-hydrogen) atoms. The molecule has 0 saturated heterocycles. The summed E-state index contributed by atoms with van der Waals surface area (Å²) in [6.45, 7) is 1.92. The van der Waals surface area contributed by atoms with E-state index in [-0.39, 0.29) is 23.3 Å². The molecule has 0 saturated carbocycles. The number of nitrogens with two attached hydrogens (primary N) is 1. The van der Waals surface area contributed by atoms with Crippen LogP contribution >= 0.6 is 11.6 Å². The molecule has 0 radical (unpaired) electrons. The van der Waals surface area contributed by atoms with E-state index in [9.17, 15) is 14.9 Å². The maximum Gasteiger partial charge on any atom is 0.300 e. The van der Waals surface area contributed by atoms with Crippen LogP contribution in [-0.4, -0.2) is 28.4 Å². The first kappa shape index (κ1) is 13.3. The summed E-state index contributed by atoms with van der Waals surface area (Å²) in [5.41, 5.74) is 4.94. The van der Waals surface area contributed by atoms with Gasteiger partial charge in [0.1, 0.15) is 16.9 Å². The van der Waals surface area contributed by atoms with Crippen LogP contribution in [0.3, 0.4) is 0 Å². The molecule has 1 rings (SSSR count). The quantitative estimate of drug-likeness (QED) is 0.470. The number of pyridine rings is 1. The molecule has 1 aromatic heterocycles. The van der Waals surface area contributed by atoms with Gasteiger partial charge in [0.15, 0.2) is 0 Å². The average Bonchev–Trinajstić information content (AvgIpc) is 2.25. The van der Waals surface area contributed by atoms with Crippen LogP contribution in [0.5, 0.6) is 0 Å². The number of carbonyl (C=O) groups is 1. The highest BCUT2D eigenvalue weighted by Gasteiger charge is 2.21. The van der Waals surface area contributed by atoms with Gasteiger partial charge >= 0.3 is 0 Å². The summed E-state index contributed by atoms with van der Waals surface area (Å²) in [5.74, 6) is -0.599. The van der Waals surface area contributed by atoms with E-state index in [0.717, 1.165) is 12.3 Å². The van der Waals surface area contributed by atoms with Crippen LogP contribution in [0.1, 0.15) is 17.3 Å². The molecule has 1 heterocycles. The van der Waals surface area contributed by atoms with Crippen molar-refractivity contribution >= 4 is 23.2 Å². The van der Waals surface area contributed by atoms with Gasteiger partial charge in [0.25, 0.3) is 11.6 Å². The van der Waals surface area contributed by atoms with E-state index in [1.165, 1.54) is 0 Å². The molecule has 1 atom stereocenters. The Morgan fingerprint density at radius 2 is 2.41 bits per heavy atom. The Balaban J connectivity index is 2.98. The maximum absolute atomic E-state index is 11.7. The third-order valence-electron chi connectivity index (χ3n) is 1.88. The molecule has 1 unspecified atom stereocenters. The van der Waals surface area contributed by atoms with E-state index in [1.807, 2.05) is 0 Å². The summed E-state index contributed by atoms with van der Waals surface area (Å²) < 4.78 is 0. The lowest BCUT2D eigenvalue weighted by molar-refractivity contribution is -0.385. The van der Waals surface area contributed by atoms with Gasteiger partial charge in [-0.05, 0) is 13.0 Å². The van der Waals surface area contributed by atoms with Crippen LogP contribution in [0.25, 0.3) is 0 Å². The zero-order valence-corrected chi connectivity index (χ0v) is 9.77. The molecule has 3 N–H and O–H groups in total. The second kappa shape index (κ2) is 5.55. The molecule has 7 nitrogen and oxygen atoms in total. The first-order valence-corrected chi connectivity index (χ1v) is 5.13. The number of carbonyl (C=O) groups excluding carboxylic acids is 1. The van der Waals surface area contributed by atoms with Crippen molar-refractivity contribution in [3.05, 3.63) is 33.1 Å². The van der Waals surface area contributed by atoms with E-state index >= 15 is 0 Å². The first-order valence-electron chi connectivity index (χ1n) is 4.75. The Kier molecular flexibility index (Phi) is 4.36. The van der Waals surface area contributed by atoms with Gasteiger partial charge in [-0.15, -0.1) is 0 Å².